The lowest BCUT2D eigenvalue weighted by atomic mass is 10.0. The third kappa shape index (κ3) is 3.82. The summed E-state index contributed by atoms with van der Waals surface area (Å²) >= 11 is 2.36. The number of carbonyl (C=O) groups is 3. The van der Waals surface area contributed by atoms with E-state index in [-0.39, 0.29) is 23.1 Å². The molecule has 0 spiro atoms. The van der Waals surface area contributed by atoms with Gasteiger partial charge in [0.1, 0.15) is 29.9 Å². The molecule has 2 atom stereocenters. The normalized spacial score (nSPS) is 20.8. The highest BCUT2D eigenvalue weighted by molar-refractivity contribution is 8.00. The molecule has 31 heavy (non-hydrogen) atoms. The molecule has 2 aliphatic rings. The average molecular weight is 461 g/mol. The minimum Gasteiger partial charge on any atom is -0.543 e. The Labute approximate surface area is 183 Å². The molecule has 0 aromatic carbocycles. The number of nitrogens with zero attached hydrogens (tertiary/aromatic N) is 5. The van der Waals surface area contributed by atoms with Crippen LogP contribution in [0, 0.1) is 0 Å². The molecule has 2 aromatic rings. The molecule has 1 unspecified atom stereocenters. The summed E-state index contributed by atoms with van der Waals surface area (Å²) in [6.07, 6.45) is 4.86. The van der Waals surface area contributed by atoms with Gasteiger partial charge in [-0.15, -0.1) is 23.1 Å². The maximum absolute atomic E-state index is 12.7. The highest BCUT2D eigenvalue weighted by Gasteiger charge is 2.53. The first kappa shape index (κ1) is 20.7. The van der Waals surface area contributed by atoms with Crippen LogP contribution < -0.4 is 20.7 Å². The Kier molecular flexibility index (Phi) is 5.56. The topological polar surface area (TPSA) is 178 Å². The van der Waals surface area contributed by atoms with Crippen molar-refractivity contribution >= 4 is 51.7 Å². The number of rotatable bonds is 6. The van der Waals surface area contributed by atoms with Crippen LogP contribution in [-0.2, 0) is 20.9 Å². The van der Waals surface area contributed by atoms with E-state index in [0.29, 0.717) is 11.3 Å². The molecule has 2 aromatic heterocycles. The van der Waals surface area contributed by atoms with Crippen LogP contribution in [0.2, 0.25) is 0 Å². The largest absolute Gasteiger partial charge is 0.543 e. The molecule has 0 aliphatic carbocycles. The fraction of sp³-hybridized carbons (Fsp3) is 0.235. The molecular formula is C17H15N7O5S2. The number of thiazole rings is 1. The number of β-lactam (4-membered cyclic amide) rings is 1. The lowest BCUT2D eigenvalue weighted by molar-refractivity contribution is -0.692. The summed E-state index contributed by atoms with van der Waals surface area (Å²) in [6, 6.07) is 0.710. The van der Waals surface area contributed by atoms with Gasteiger partial charge in [0.2, 0.25) is 0 Å². The molecule has 160 valence electrons. The SMILES string of the molecule is Nc1nc(/C(=N/O)C(=O)N[C@@H]2C(=O)N3C(C(=O)[O-])=C(C[n+]4cccnc4)CSC23)cs1. The number of hydrogen-bond acceptors (Lipinski definition) is 11. The number of oxime groups is 1. The Hall–Kier alpha value is -3.52. The number of nitrogens with two attached hydrogens (primary N) is 1. The summed E-state index contributed by atoms with van der Waals surface area (Å²) in [7, 11) is 0. The van der Waals surface area contributed by atoms with Gasteiger partial charge in [-0.2, -0.15) is 0 Å². The highest BCUT2D eigenvalue weighted by atomic mass is 32.2. The first-order valence-electron chi connectivity index (χ1n) is 8.82. The first-order valence-corrected chi connectivity index (χ1v) is 10.7. The molecular weight excluding hydrogens is 446 g/mol. The Morgan fingerprint density at radius 3 is 2.90 bits per heavy atom. The number of anilines is 1. The van der Waals surface area contributed by atoms with Gasteiger partial charge in [-0.3, -0.25) is 14.5 Å². The first-order chi connectivity index (χ1) is 14.9. The van der Waals surface area contributed by atoms with Crippen LogP contribution in [0.4, 0.5) is 5.13 Å². The lowest BCUT2D eigenvalue weighted by Crippen LogP contribution is -2.71. The van der Waals surface area contributed by atoms with Crippen molar-refractivity contribution in [3.63, 3.8) is 0 Å². The quantitative estimate of drug-likeness (QED) is 0.140. The van der Waals surface area contributed by atoms with Crippen LogP contribution in [0.3, 0.4) is 0 Å². The molecule has 4 N–H and O–H groups in total. The summed E-state index contributed by atoms with van der Waals surface area (Å²) in [5, 5.41) is 27.4. The summed E-state index contributed by atoms with van der Waals surface area (Å²) < 4.78 is 1.69. The van der Waals surface area contributed by atoms with Crippen molar-refractivity contribution < 1.29 is 29.3 Å². The van der Waals surface area contributed by atoms with E-state index >= 15 is 0 Å². The molecule has 0 bridgehead atoms. The molecule has 4 heterocycles. The minimum atomic E-state index is -1.47. The number of carboxylic acid groups (broad SMARTS) is 1. The molecule has 14 heteroatoms. The van der Waals surface area contributed by atoms with Crippen LogP contribution >= 0.6 is 23.1 Å². The van der Waals surface area contributed by atoms with Crippen molar-refractivity contribution in [3.8, 4) is 0 Å². The van der Waals surface area contributed by atoms with Gasteiger partial charge in [-0.25, -0.2) is 9.55 Å². The van der Waals surface area contributed by atoms with Crippen molar-refractivity contribution in [1.82, 2.24) is 20.2 Å². The lowest BCUT2D eigenvalue weighted by Gasteiger charge is -2.50. The third-order valence-electron chi connectivity index (χ3n) is 4.64. The van der Waals surface area contributed by atoms with Crippen LogP contribution in [0.5, 0.6) is 0 Å². The number of fused-ring (bicyclic) bond motifs is 1. The van der Waals surface area contributed by atoms with Gasteiger partial charge in [0.05, 0.1) is 17.9 Å². The van der Waals surface area contributed by atoms with Crippen molar-refractivity contribution in [1.29, 1.82) is 0 Å². The van der Waals surface area contributed by atoms with Crippen LogP contribution in [0.15, 0.2) is 46.6 Å². The Bertz CT molecular complexity index is 1120. The summed E-state index contributed by atoms with van der Waals surface area (Å²) in [4.78, 5) is 46.0. The number of thioether (sulfide) groups is 1. The van der Waals surface area contributed by atoms with Crippen molar-refractivity contribution in [3.05, 3.63) is 47.1 Å². The maximum Gasteiger partial charge on any atom is 0.286 e. The van der Waals surface area contributed by atoms with E-state index in [1.54, 1.807) is 29.4 Å². The molecule has 2 aliphatic heterocycles. The van der Waals surface area contributed by atoms with E-state index < -0.39 is 34.9 Å². The van der Waals surface area contributed by atoms with Crippen LogP contribution in [0.25, 0.3) is 0 Å². The fourth-order valence-electron chi connectivity index (χ4n) is 3.29. The predicted molar refractivity (Wildman–Crippen MR) is 106 cm³/mol. The smallest absolute Gasteiger partial charge is 0.286 e. The summed E-state index contributed by atoms with van der Waals surface area (Å²) in [6.45, 7) is 0.226. The predicted octanol–water partition coefficient (Wildman–Crippen LogP) is -2.31. The average Bonchev–Trinajstić information content (AvgIpc) is 3.18. The second-order valence-electron chi connectivity index (χ2n) is 6.55. The number of hydrogen-bond donors (Lipinski definition) is 3. The van der Waals surface area contributed by atoms with Gasteiger partial charge in [-0.05, 0) is 0 Å². The van der Waals surface area contributed by atoms with Crippen molar-refractivity contribution in [2.24, 2.45) is 5.16 Å². The molecule has 1 saturated heterocycles. The highest BCUT2D eigenvalue weighted by Crippen LogP contribution is 2.40. The fourth-order valence-corrected chi connectivity index (χ4v) is 5.17. The van der Waals surface area contributed by atoms with Crippen molar-refractivity contribution in [2.75, 3.05) is 11.5 Å². The molecule has 0 radical (unpaired) electrons. The minimum absolute atomic E-state index is 0.0635. The van der Waals surface area contributed by atoms with E-state index in [0.717, 1.165) is 16.2 Å². The Morgan fingerprint density at radius 1 is 1.48 bits per heavy atom. The van der Waals surface area contributed by atoms with E-state index in [2.05, 4.69) is 20.4 Å². The second-order valence-corrected chi connectivity index (χ2v) is 8.54. The number of carboxylic acids is 1. The van der Waals surface area contributed by atoms with E-state index in [1.165, 1.54) is 17.1 Å². The van der Waals surface area contributed by atoms with Gasteiger partial charge in [0.25, 0.3) is 18.1 Å². The third-order valence-corrected chi connectivity index (χ3v) is 6.66. The van der Waals surface area contributed by atoms with E-state index in [1.807, 2.05) is 0 Å². The maximum atomic E-state index is 12.7. The summed E-state index contributed by atoms with van der Waals surface area (Å²) in [5.74, 6) is -2.59. The van der Waals surface area contributed by atoms with E-state index in [9.17, 15) is 24.7 Å². The molecule has 1 fully saturated rings. The summed E-state index contributed by atoms with van der Waals surface area (Å²) in [5.41, 5.74) is 5.48. The number of aromatic nitrogens is 3. The van der Waals surface area contributed by atoms with Crippen LogP contribution in [-0.4, -0.2) is 60.7 Å². The zero-order valence-electron chi connectivity index (χ0n) is 15.7. The Balaban J connectivity index is 1.52. The molecule has 4 rings (SSSR count). The Morgan fingerprint density at radius 2 is 2.29 bits per heavy atom. The molecule has 0 saturated carbocycles. The number of amides is 2. The van der Waals surface area contributed by atoms with Gasteiger partial charge in [0.15, 0.2) is 10.8 Å². The molecule has 12 nitrogen and oxygen atoms in total. The van der Waals surface area contributed by atoms with Crippen LogP contribution in [0.1, 0.15) is 5.69 Å². The molecule has 2 amide bonds. The van der Waals surface area contributed by atoms with Gasteiger partial charge >= 0.3 is 0 Å². The number of nitrogens with one attached hydrogen (secondary N) is 1. The van der Waals surface area contributed by atoms with Gasteiger partial charge in [0, 0.05) is 22.8 Å². The van der Waals surface area contributed by atoms with E-state index in [4.69, 9.17) is 5.73 Å². The monoisotopic (exact) mass is 461 g/mol. The standard InChI is InChI=1S/C17H15N7O5S2/c18-17-20-9(6-31-17)10(22-29)13(25)21-11-14(26)24-12(16(27)28)8(5-30-15(11)24)4-23-3-1-2-19-7-23/h1-3,6-7,11,15H,4-5H2,(H4-,18,20,21,25,27,28,29)/t11-,15?/m1/s1. The zero-order chi connectivity index (χ0) is 22.1. The second kappa shape index (κ2) is 8.31. The van der Waals surface area contributed by atoms with Crippen molar-refractivity contribution in [2.45, 2.75) is 18.0 Å². The number of aliphatic carboxylic acids is 1. The van der Waals surface area contributed by atoms with Gasteiger partial charge in [-0.1, -0.05) is 10.1 Å². The zero-order valence-corrected chi connectivity index (χ0v) is 17.3. The number of carbonyl (C=O) groups excluding carboxylic acids is 3. The number of nitrogen functional groups attached to an aromatic ring is 1. The van der Waals surface area contributed by atoms with Gasteiger partial charge < -0.3 is 26.2 Å².